The van der Waals surface area contributed by atoms with Gasteiger partial charge in [-0.05, 0) is 31.4 Å². The van der Waals surface area contributed by atoms with Gasteiger partial charge in [0, 0.05) is 43.3 Å². The van der Waals surface area contributed by atoms with E-state index < -0.39 is 0 Å². The van der Waals surface area contributed by atoms with Crippen molar-refractivity contribution in [3.05, 3.63) is 36.4 Å². The van der Waals surface area contributed by atoms with Crippen LogP contribution in [0.15, 0.2) is 34.9 Å². The third kappa shape index (κ3) is 2.81. The van der Waals surface area contributed by atoms with Crippen molar-refractivity contribution in [2.45, 2.75) is 38.3 Å². The Kier molecular flexibility index (Phi) is 3.19. The van der Waals surface area contributed by atoms with E-state index in [9.17, 15) is 0 Å². The van der Waals surface area contributed by atoms with Crippen LogP contribution >= 0.6 is 0 Å². The van der Waals surface area contributed by atoms with Crippen molar-refractivity contribution in [1.29, 1.82) is 0 Å². The molecule has 2 heterocycles. The van der Waals surface area contributed by atoms with Gasteiger partial charge in [0.05, 0.1) is 0 Å². The zero-order valence-corrected chi connectivity index (χ0v) is 12.4. The third-order valence-electron chi connectivity index (χ3n) is 4.45. The number of nitrogens with zero attached hydrogens (tertiary/aromatic N) is 2. The minimum atomic E-state index is 0.589. The Labute approximate surface area is 125 Å². The van der Waals surface area contributed by atoms with E-state index in [1.54, 1.807) is 6.26 Å². The van der Waals surface area contributed by atoms with Gasteiger partial charge in [0.25, 0.3) is 0 Å². The molecule has 4 nitrogen and oxygen atoms in total. The summed E-state index contributed by atoms with van der Waals surface area (Å²) >= 11 is 0. The van der Waals surface area contributed by atoms with Gasteiger partial charge in [-0.15, -0.1) is 0 Å². The highest BCUT2D eigenvalue weighted by molar-refractivity contribution is 5.62. The Morgan fingerprint density at radius 1 is 1.19 bits per heavy atom. The molecule has 4 rings (SSSR count). The lowest BCUT2D eigenvalue weighted by molar-refractivity contribution is 0.326. The Bertz CT molecular complexity index is 615. The molecule has 1 saturated carbocycles. The molecule has 0 spiro atoms. The van der Waals surface area contributed by atoms with Crippen LogP contribution in [-0.4, -0.2) is 35.1 Å². The fourth-order valence-corrected chi connectivity index (χ4v) is 3.15. The van der Waals surface area contributed by atoms with Gasteiger partial charge in [0.2, 0.25) is 0 Å². The highest BCUT2D eigenvalue weighted by atomic mass is 16.3. The summed E-state index contributed by atoms with van der Waals surface area (Å²) in [4.78, 5) is 6.99. The highest BCUT2D eigenvalue weighted by Crippen LogP contribution is 2.30. The summed E-state index contributed by atoms with van der Waals surface area (Å²) in [6.45, 7) is 4.30. The topological polar surface area (TPSA) is 41.3 Å². The molecule has 1 aliphatic heterocycles. The van der Waals surface area contributed by atoms with Crippen LogP contribution in [0.1, 0.15) is 25.2 Å². The lowest BCUT2D eigenvalue weighted by Crippen LogP contribution is -2.27. The molecule has 1 N–H and O–H groups in total. The predicted octanol–water partition coefficient (Wildman–Crippen LogP) is 3.30. The van der Waals surface area contributed by atoms with Gasteiger partial charge >= 0.3 is 0 Å². The molecule has 1 saturated heterocycles. The number of benzene rings is 1. The van der Waals surface area contributed by atoms with Crippen LogP contribution in [0.2, 0.25) is 0 Å². The van der Waals surface area contributed by atoms with Crippen molar-refractivity contribution in [3.63, 3.8) is 0 Å². The summed E-state index contributed by atoms with van der Waals surface area (Å²) in [7, 11) is 0. The molecule has 0 amide bonds. The van der Waals surface area contributed by atoms with Gasteiger partial charge in [0.1, 0.15) is 12.0 Å². The van der Waals surface area contributed by atoms with E-state index in [0.29, 0.717) is 11.9 Å². The zero-order valence-electron chi connectivity index (χ0n) is 12.4. The Morgan fingerprint density at radius 3 is 2.67 bits per heavy atom. The summed E-state index contributed by atoms with van der Waals surface area (Å²) in [5, 5.41) is 3.65. The maximum absolute atomic E-state index is 5.26. The first kappa shape index (κ1) is 12.9. The predicted molar refractivity (Wildman–Crippen MR) is 83.3 cm³/mol. The van der Waals surface area contributed by atoms with Gasteiger partial charge in [0.15, 0.2) is 5.89 Å². The van der Waals surface area contributed by atoms with Crippen LogP contribution < -0.4 is 5.32 Å². The van der Waals surface area contributed by atoms with Crippen molar-refractivity contribution in [2.75, 3.05) is 18.4 Å². The molecule has 1 unspecified atom stereocenters. The molecule has 21 heavy (non-hydrogen) atoms. The SMILES string of the molecule is Cc1nc(-c2ccc(NC3CCN(C4CC4)C3)cc2)co1. The van der Waals surface area contributed by atoms with E-state index in [-0.39, 0.29) is 0 Å². The molecule has 1 atom stereocenters. The quantitative estimate of drug-likeness (QED) is 0.934. The first-order valence-electron chi connectivity index (χ1n) is 7.81. The minimum Gasteiger partial charge on any atom is -0.449 e. The van der Waals surface area contributed by atoms with Crippen molar-refractivity contribution < 1.29 is 4.42 Å². The Morgan fingerprint density at radius 2 is 2.00 bits per heavy atom. The van der Waals surface area contributed by atoms with Crippen LogP contribution in [-0.2, 0) is 0 Å². The molecule has 1 aromatic carbocycles. The molecule has 0 radical (unpaired) electrons. The number of hydrogen-bond acceptors (Lipinski definition) is 4. The average Bonchev–Trinajstić information content (AvgIpc) is 3.09. The van der Waals surface area contributed by atoms with Gasteiger partial charge < -0.3 is 9.73 Å². The number of likely N-dealkylation sites (tertiary alicyclic amines) is 1. The van der Waals surface area contributed by atoms with Gasteiger partial charge in [-0.3, -0.25) is 4.90 Å². The van der Waals surface area contributed by atoms with Crippen molar-refractivity contribution in [1.82, 2.24) is 9.88 Å². The second-order valence-corrected chi connectivity index (χ2v) is 6.19. The second-order valence-electron chi connectivity index (χ2n) is 6.19. The smallest absolute Gasteiger partial charge is 0.191 e. The summed E-state index contributed by atoms with van der Waals surface area (Å²) in [6, 6.07) is 9.96. The molecule has 0 bridgehead atoms. The Balaban J connectivity index is 1.40. The van der Waals surface area contributed by atoms with E-state index in [1.165, 1.54) is 38.0 Å². The van der Waals surface area contributed by atoms with E-state index in [0.717, 1.165) is 17.3 Å². The lowest BCUT2D eigenvalue weighted by Gasteiger charge is -2.16. The summed E-state index contributed by atoms with van der Waals surface area (Å²) in [6.07, 6.45) is 5.76. The van der Waals surface area contributed by atoms with Crippen LogP contribution in [0.25, 0.3) is 11.3 Å². The molecule has 2 aliphatic rings. The summed E-state index contributed by atoms with van der Waals surface area (Å²) in [5.74, 6) is 0.707. The standard InChI is InChI=1S/C17H21N3O/c1-12-18-17(11-21-12)13-2-4-14(5-3-13)19-15-8-9-20(10-15)16-6-7-16/h2-5,11,15-16,19H,6-10H2,1H3. The zero-order chi connectivity index (χ0) is 14.2. The van der Waals surface area contributed by atoms with E-state index >= 15 is 0 Å². The number of nitrogens with one attached hydrogen (secondary N) is 1. The normalized spacial score (nSPS) is 22.6. The van der Waals surface area contributed by atoms with Crippen LogP contribution in [0.4, 0.5) is 5.69 Å². The van der Waals surface area contributed by atoms with Crippen molar-refractivity contribution >= 4 is 5.69 Å². The van der Waals surface area contributed by atoms with Crippen LogP contribution in [0, 0.1) is 6.92 Å². The maximum atomic E-state index is 5.26. The number of aryl methyl sites for hydroxylation is 1. The first-order valence-corrected chi connectivity index (χ1v) is 7.81. The van der Waals surface area contributed by atoms with Gasteiger partial charge in [-0.2, -0.15) is 0 Å². The third-order valence-corrected chi connectivity index (χ3v) is 4.45. The molecule has 2 fully saturated rings. The molecular weight excluding hydrogens is 262 g/mol. The molecule has 110 valence electrons. The lowest BCUT2D eigenvalue weighted by atomic mass is 10.1. The molecular formula is C17H21N3O. The van der Waals surface area contributed by atoms with E-state index in [1.807, 2.05) is 6.92 Å². The fourth-order valence-electron chi connectivity index (χ4n) is 3.15. The highest BCUT2D eigenvalue weighted by Gasteiger charge is 2.34. The number of rotatable bonds is 4. The number of aromatic nitrogens is 1. The van der Waals surface area contributed by atoms with Crippen molar-refractivity contribution in [3.8, 4) is 11.3 Å². The van der Waals surface area contributed by atoms with Gasteiger partial charge in [-0.25, -0.2) is 4.98 Å². The monoisotopic (exact) mass is 283 g/mol. The molecule has 4 heteroatoms. The van der Waals surface area contributed by atoms with Crippen molar-refractivity contribution in [2.24, 2.45) is 0 Å². The van der Waals surface area contributed by atoms with E-state index in [4.69, 9.17) is 4.42 Å². The molecule has 2 aromatic rings. The average molecular weight is 283 g/mol. The number of anilines is 1. The van der Waals surface area contributed by atoms with Crippen LogP contribution in [0.5, 0.6) is 0 Å². The van der Waals surface area contributed by atoms with Crippen LogP contribution in [0.3, 0.4) is 0 Å². The number of hydrogen-bond donors (Lipinski definition) is 1. The molecule has 1 aromatic heterocycles. The Hall–Kier alpha value is -1.81. The number of oxazole rings is 1. The first-order chi connectivity index (χ1) is 10.3. The summed E-state index contributed by atoms with van der Waals surface area (Å²) in [5.41, 5.74) is 3.20. The second kappa shape index (κ2) is 5.19. The maximum Gasteiger partial charge on any atom is 0.191 e. The molecule has 1 aliphatic carbocycles. The van der Waals surface area contributed by atoms with Gasteiger partial charge in [-0.1, -0.05) is 12.1 Å². The van der Waals surface area contributed by atoms with E-state index in [2.05, 4.69) is 39.5 Å². The minimum absolute atomic E-state index is 0.589. The summed E-state index contributed by atoms with van der Waals surface area (Å²) < 4.78 is 5.26. The largest absolute Gasteiger partial charge is 0.449 e. The fraction of sp³-hybridized carbons (Fsp3) is 0.471.